The second-order valence-corrected chi connectivity index (χ2v) is 10.3. The van der Waals surface area contributed by atoms with Gasteiger partial charge < -0.3 is 4.42 Å². The van der Waals surface area contributed by atoms with Crippen molar-refractivity contribution in [2.24, 2.45) is 5.92 Å². The number of aromatic nitrogens is 2. The minimum Gasteiger partial charge on any atom is -0.464 e. The number of benzene rings is 2. The van der Waals surface area contributed by atoms with Crippen LogP contribution in [0.1, 0.15) is 45.9 Å². The van der Waals surface area contributed by atoms with E-state index in [0.717, 1.165) is 45.5 Å². The molecule has 2 aromatic carbocycles. The Morgan fingerprint density at radius 2 is 1.70 bits per heavy atom. The Morgan fingerprint density at radius 3 is 2.48 bits per heavy atom. The van der Waals surface area contributed by atoms with Crippen LogP contribution in [0.4, 0.5) is 0 Å². The molecular weight excluding hydrogens is 404 g/mol. The van der Waals surface area contributed by atoms with E-state index in [2.05, 4.69) is 77.1 Å². The van der Waals surface area contributed by atoms with Crippen LogP contribution in [-0.4, -0.2) is 9.97 Å². The van der Waals surface area contributed by atoms with Crippen molar-refractivity contribution in [1.82, 2.24) is 9.97 Å². The molecule has 3 aromatic heterocycles. The Balaban J connectivity index is 1.65. The first-order chi connectivity index (χ1) is 15.8. The third-order valence-electron chi connectivity index (χ3n) is 6.21. The average Bonchev–Trinajstić information content (AvgIpc) is 3.28. The zero-order chi connectivity index (χ0) is 23.2. The van der Waals surface area contributed by atoms with E-state index < -0.39 is 0 Å². The van der Waals surface area contributed by atoms with Crippen LogP contribution in [0.25, 0.3) is 44.1 Å². The Bertz CT molecular complexity index is 1450. The van der Waals surface area contributed by atoms with Gasteiger partial charge in [0.05, 0.1) is 17.7 Å². The molecule has 3 heteroatoms. The van der Waals surface area contributed by atoms with Crippen molar-refractivity contribution >= 4 is 21.7 Å². The highest BCUT2D eigenvalue weighted by atomic mass is 16.3. The van der Waals surface area contributed by atoms with Gasteiger partial charge >= 0.3 is 0 Å². The van der Waals surface area contributed by atoms with Gasteiger partial charge in [0.15, 0.2) is 0 Å². The Labute approximate surface area is 195 Å². The van der Waals surface area contributed by atoms with E-state index in [9.17, 15) is 0 Å². The number of rotatable bonds is 4. The van der Waals surface area contributed by atoms with Crippen molar-refractivity contribution in [2.45, 2.75) is 46.5 Å². The van der Waals surface area contributed by atoms with Crippen molar-refractivity contribution in [3.63, 3.8) is 0 Å². The molecular formula is C30H30N2O. The topological polar surface area (TPSA) is 38.9 Å². The van der Waals surface area contributed by atoms with Crippen LogP contribution in [-0.2, 0) is 11.8 Å². The SMILES string of the molecule is CC(C)Cc1ncc(-c2ccnc(-c3cc(C(C)(C)C)c4ccccc4c3)c2)c2occc12. The lowest BCUT2D eigenvalue weighted by Gasteiger charge is -2.22. The molecule has 0 aliphatic carbocycles. The molecule has 5 aromatic rings. The number of furan rings is 1. The van der Waals surface area contributed by atoms with Gasteiger partial charge in [-0.25, -0.2) is 0 Å². The first-order valence-corrected chi connectivity index (χ1v) is 11.7. The summed E-state index contributed by atoms with van der Waals surface area (Å²) >= 11 is 0. The summed E-state index contributed by atoms with van der Waals surface area (Å²) in [4.78, 5) is 9.54. The van der Waals surface area contributed by atoms with E-state index in [-0.39, 0.29) is 5.41 Å². The second kappa shape index (κ2) is 8.15. The number of hydrogen-bond donors (Lipinski definition) is 0. The van der Waals surface area contributed by atoms with Crippen molar-refractivity contribution < 1.29 is 4.42 Å². The van der Waals surface area contributed by atoms with Gasteiger partial charge in [-0.15, -0.1) is 0 Å². The Morgan fingerprint density at radius 1 is 0.879 bits per heavy atom. The summed E-state index contributed by atoms with van der Waals surface area (Å²) in [6.07, 6.45) is 6.53. The normalized spacial score (nSPS) is 12.2. The third kappa shape index (κ3) is 4.04. The molecule has 0 spiro atoms. The molecule has 166 valence electrons. The lowest BCUT2D eigenvalue weighted by Crippen LogP contribution is -2.12. The Hall–Kier alpha value is -3.46. The molecule has 3 nitrogen and oxygen atoms in total. The van der Waals surface area contributed by atoms with Gasteiger partial charge in [-0.3, -0.25) is 9.97 Å². The molecule has 0 saturated carbocycles. The molecule has 0 radical (unpaired) electrons. The van der Waals surface area contributed by atoms with Crippen LogP contribution in [0.15, 0.2) is 77.7 Å². The van der Waals surface area contributed by atoms with Gasteiger partial charge in [0.2, 0.25) is 0 Å². The van der Waals surface area contributed by atoms with Crippen molar-refractivity contribution in [3.8, 4) is 22.4 Å². The quantitative estimate of drug-likeness (QED) is 0.286. The van der Waals surface area contributed by atoms with Gasteiger partial charge in [-0.05, 0) is 70.0 Å². The maximum Gasteiger partial charge on any atom is 0.145 e. The second-order valence-electron chi connectivity index (χ2n) is 10.3. The van der Waals surface area contributed by atoms with Gasteiger partial charge in [0.25, 0.3) is 0 Å². The molecule has 0 N–H and O–H groups in total. The molecule has 0 unspecified atom stereocenters. The molecule has 0 aliphatic heterocycles. The highest BCUT2D eigenvalue weighted by Gasteiger charge is 2.19. The fourth-order valence-electron chi connectivity index (χ4n) is 4.61. The first-order valence-electron chi connectivity index (χ1n) is 11.7. The molecule has 0 fully saturated rings. The van der Waals surface area contributed by atoms with Crippen LogP contribution in [0.5, 0.6) is 0 Å². The number of pyridine rings is 2. The molecule has 0 bridgehead atoms. The summed E-state index contributed by atoms with van der Waals surface area (Å²) < 4.78 is 5.93. The van der Waals surface area contributed by atoms with E-state index in [1.807, 2.05) is 24.5 Å². The van der Waals surface area contributed by atoms with Gasteiger partial charge in [0.1, 0.15) is 5.58 Å². The third-order valence-corrected chi connectivity index (χ3v) is 6.21. The molecule has 0 amide bonds. The van der Waals surface area contributed by atoms with Crippen LogP contribution in [0.3, 0.4) is 0 Å². The summed E-state index contributed by atoms with van der Waals surface area (Å²) in [5.41, 5.74) is 7.50. The van der Waals surface area contributed by atoms with Crippen LogP contribution >= 0.6 is 0 Å². The average molecular weight is 435 g/mol. The largest absolute Gasteiger partial charge is 0.464 e. The highest BCUT2D eigenvalue weighted by Crippen LogP contribution is 2.36. The predicted molar refractivity (Wildman–Crippen MR) is 137 cm³/mol. The minimum absolute atomic E-state index is 0.0315. The first kappa shape index (κ1) is 21.4. The molecule has 5 rings (SSSR count). The van der Waals surface area contributed by atoms with Gasteiger partial charge in [-0.1, -0.05) is 58.9 Å². The maximum absolute atomic E-state index is 5.93. The number of fused-ring (bicyclic) bond motifs is 2. The smallest absolute Gasteiger partial charge is 0.145 e. The molecule has 33 heavy (non-hydrogen) atoms. The number of nitrogens with zero attached hydrogens (tertiary/aromatic N) is 2. The summed E-state index contributed by atoms with van der Waals surface area (Å²) in [6, 6.07) is 19.4. The van der Waals surface area contributed by atoms with Crippen LogP contribution in [0, 0.1) is 5.92 Å². The van der Waals surface area contributed by atoms with E-state index in [0.29, 0.717) is 5.92 Å². The number of hydrogen-bond acceptors (Lipinski definition) is 3. The molecule has 0 aliphatic rings. The van der Waals surface area contributed by atoms with Crippen molar-refractivity contribution in [2.75, 3.05) is 0 Å². The van der Waals surface area contributed by atoms with E-state index >= 15 is 0 Å². The molecule has 3 heterocycles. The molecule has 0 saturated heterocycles. The maximum atomic E-state index is 5.93. The summed E-state index contributed by atoms with van der Waals surface area (Å²) in [6.45, 7) is 11.2. The summed E-state index contributed by atoms with van der Waals surface area (Å²) in [7, 11) is 0. The fourth-order valence-corrected chi connectivity index (χ4v) is 4.61. The van der Waals surface area contributed by atoms with Gasteiger partial charge in [0, 0.05) is 28.9 Å². The standard InChI is InChI=1S/C30H30N2O/c1-19(2)14-28-24-11-13-33-29(24)25(18-32-28)21-10-12-31-27(17-21)22-15-20-8-6-7-9-23(20)26(16-22)30(3,4)5/h6-13,15-19H,14H2,1-5H3. The van der Waals surface area contributed by atoms with Gasteiger partial charge in [-0.2, -0.15) is 0 Å². The van der Waals surface area contributed by atoms with Crippen molar-refractivity contribution in [1.29, 1.82) is 0 Å². The zero-order valence-corrected chi connectivity index (χ0v) is 20.0. The van der Waals surface area contributed by atoms with E-state index in [1.54, 1.807) is 6.26 Å². The van der Waals surface area contributed by atoms with Crippen molar-refractivity contribution in [3.05, 3.63) is 84.5 Å². The monoisotopic (exact) mass is 434 g/mol. The lowest BCUT2D eigenvalue weighted by atomic mass is 9.82. The fraction of sp³-hybridized carbons (Fsp3) is 0.267. The summed E-state index contributed by atoms with van der Waals surface area (Å²) in [5.74, 6) is 0.541. The summed E-state index contributed by atoms with van der Waals surface area (Å²) in [5, 5.41) is 3.63. The molecule has 0 atom stereocenters. The van der Waals surface area contributed by atoms with Crippen LogP contribution in [0.2, 0.25) is 0 Å². The zero-order valence-electron chi connectivity index (χ0n) is 20.0. The predicted octanol–water partition coefficient (Wildman–Crippen LogP) is 8.21. The van der Waals surface area contributed by atoms with E-state index in [4.69, 9.17) is 14.4 Å². The van der Waals surface area contributed by atoms with E-state index in [1.165, 1.54) is 16.3 Å². The Kier molecular flexibility index (Phi) is 5.28. The highest BCUT2D eigenvalue weighted by molar-refractivity contribution is 5.95. The van der Waals surface area contributed by atoms with Crippen LogP contribution < -0.4 is 0 Å². The lowest BCUT2D eigenvalue weighted by molar-refractivity contribution is 0.596. The minimum atomic E-state index is 0.0315.